The molecular weight excluding hydrogens is 284 g/mol. The zero-order valence-electron chi connectivity index (χ0n) is 13.6. The Balaban J connectivity index is 2.08. The average molecular weight is 311 g/mol. The first-order valence-electron chi connectivity index (χ1n) is 7.95. The molecule has 0 saturated heterocycles. The fraction of sp³-hybridized carbons (Fsp3) is 0.300. The van der Waals surface area contributed by atoms with Gasteiger partial charge in [-0.05, 0) is 18.4 Å². The quantitative estimate of drug-likeness (QED) is 0.601. The van der Waals surface area contributed by atoms with Gasteiger partial charge in [0, 0.05) is 5.54 Å². The van der Waals surface area contributed by atoms with E-state index >= 15 is 0 Å². The minimum absolute atomic E-state index is 0.165. The van der Waals surface area contributed by atoms with Gasteiger partial charge < -0.3 is 5.11 Å². The smallest absolute Gasteiger partial charge is 0.0901 e. The highest BCUT2D eigenvalue weighted by Gasteiger charge is 2.35. The van der Waals surface area contributed by atoms with E-state index in [9.17, 15) is 5.11 Å². The Morgan fingerprint density at radius 2 is 1.55 bits per heavy atom. The maximum Gasteiger partial charge on any atom is 0.0901 e. The second kappa shape index (κ2) is 7.57. The third-order valence-electron chi connectivity index (χ3n) is 4.59. The van der Waals surface area contributed by atoms with Crippen molar-refractivity contribution in [1.82, 2.24) is 0 Å². The van der Waals surface area contributed by atoms with Gasteiger partial charge in [0.1, 0.15) is 0 Å². The molecule has 0 unspecified atom stereocenters. The molecule has 2 aromatic rings. The van der Waals surface area contributed by atoms with Crippen molar-refractivity contribution in [1.29, 1.82) is 0 Å². The predicted molar refractivity (Wildman–Crippen MR) is 98.3 cm³/mol. The Kier molecular flexibility index (Phi) is 5.75. The molecule has 0 radical (unpaired) electrons. The van der Waals surface area contributed by atoms with Crippen LogP contribution < -0.4 is 5.19 Å². The van der Waals surface area contributed by atoms with E-state index in [1.165, 1.54) is 10.8 Å². The molecule has 0 aromatic heterocycles. The van der Waals surface area contributed by atoms with Gasteiger partial charge in [-0.1, -0.05) is 85.0 Å². The maximum atomic E-state index is 10.7. The van der Waals surface area contributed by atoms with Crippen LogP contribution in [0.1, 0.15) is 12.0 Å². The van der Waals surface area contributed by atoms with Gasteiger partial charge in [-0.3, -0.25) is 0 Å². The Hall–Kier alpha value is -1.64. The summed E-state index contributed by atoms with van der Waals surface area (Å²) >= 11 is 0. The molecular formula is C20H26OSi. The molecule has 0 aliphatic carbocycles. The van der Waals surface area contributed by atoms with Crippen LogP contribution in [0, 0.1) is 0 Å². The molecule has 0 heterocycles. The minimum Gasteiger partial charge on any atom is -0.393 e. The zero-order chi connectivity index (χ0) is 16.0. The summed E-state index contributed by atoms with van der Waals surface area (Å²) in [4.78, 5) is 0. The van der Waals surface area contributed by atoms with Crippen molar-refractivity contribution in [3.63, 3.8) is 0 Å². The van der Waals surface area contributed by atoms with Gasteiger partial charge in [0.15, 0.2) is 0 Å². The van der Waals surface area contributed by atoms with Crippen LogP contribution in [0.5, 0.6) is 0 Å². The lowest BCUT2D eigenvalue weighted by Crippen LogP contribution is -2.49. The second-order valence-corrected chi connectivity index (χ2v) is 11.1. The van der Waals surface area contributed by atoms with Gasteiger partial charge in [-0.2, -0.15) is 0 Å². The normalized spacial score (nSPS) is 14.3. The molecule has 2 rings (SSSR count). The maximum absolute atomic E-state index is 10.7. The Labute approximate surface area is 135 Å². The molecule has 2 atom stereocenters. The van der Waals surface area contributed by atoms with Gasteiger partial charge in [0.2, 0.25) is 0 Å². The van der Waals surface area contributed by atoms with Gasteiger partial charge >= 0.3 is 0 Å². The predicted octanol–water partition coefficient (Wildman–Crippen LogP) is 4.15. The molecule has 0 bridgehead atoms. The largest absolute Gasteiger partial charge is 0.393 e. The summed E-state index contributed by atoms with van der Waals surface area (Å²) in [7, 11) is -1.78. The topological polar surface area (TPSA) is 20.2 Å². The number of rotatable bonds is 7. The van der Waals surface area contributed by atoms with E-state index in [1.54, 1.807) is 0 Å². The van der Waals surface area contributed by atoms with Crippen LogP contribution >= 0.6 is 0 Å². The summed E-state index contributed by atoms with van der Waals surface area (Å²) in [5.41, 5.74) is 1.45. The zero-order valence-corrected chi connectivity index (χ0v) is 14.6. The van der Waals surface area contributed by atoms with Crippen LogP contribution in [-0.2, 0) is 6.42 Å². The van der Waals surface area contributed by atoms with E-state index < -0.39 is 8.07 Å². The van der Waals surface area contributed by atoms with Crippen molar-refractivity contribution < 1.29 is 5.11 Å². The van der Waals surface area contributed by atoms with Crippen molar-refractivity contribution in [3.8, 4) is 0 Å². The van der Waals surface area contributed by atoms with Gasteiger partial charge in [0.25, 0.3) is 0 Å². The van der Waals surface area contributed by atoms with Gasteiger partial charge in [-0.25, -0.2) is 0 Å². The molecule has 0 fully saturated rings. The highest BCUT2D eigenvalue weighted by Crippen LogP contribution is 2.29. The monoisotopic (exact) mass is 310 g/mol. The van der Waals surface area contributed by atoms with Crippen LogP contribution in [0.3, 0.4) is 0 Å². The molecule has 0 aliphatic rings. The lowest BCUT2D eigenvalue weighted by molar-refractivity contribution is 0.166. The summed E-state index contributed by atoms with van der Waals surface area (Å²) in [5.74, 6) is 0. The third kappa shape index (κ3) is 3.96. The molecule has 0 aliphatic heterocycles. The molecule has 0 spiro atoms. The molecule has 22 heavy (non-hydrogen) atoms. The molecule has 0 amide bonds. The Bertz CT molecular complexity index is 577. The van der Waals surface area contributed by atoms with Crippen LogP contribution in [0.25, 0.3) is 0 Å². The number of aliphatic hydroxyl groups excluding tert-OH is 1. The highest BCUT2D eigenvalue weighted by molar-refractivity contribution is 6.91. The van der Waals surface area contributed by atoms with Crippen molar-refractivity contribution in [2.75, 3.05) is 0 Å². The average Bonchev–Trinajstić information content (AvgIpc) is 2.55. The molecule has 1 N–H and O–H groups in total. The minimum atomic E-state index is -1.78. The van der Waals surface area contributed by atoms with E-state index in [1.807, 2.05) is 18.2 Å². The van der Waals surface area contributed by atoms with E-state index in [2.05, 4.69) is 68.2 Å². The van der Waals surface area contributed by atoms with Crippen molar-refractivity contribution >= 4 is 13.3 Å². The Morgan fingerprint density at radius 3 is 2.09 bits per heavy atom. The van der Waals surface area contributed by atoms with Crippen molar-refractivity contribution in [2.45, 2.75) is 37.6 Å². The number of aryl methyl sites for hydroxylation is 1. The summed E-state index contributed by atoms with van der Waals surface area (Å²) in [6.07, 6.45) is 3.32. The Morgan fingerprint density at radius 1 is 1.00 bits per heavy atom. The fourth-order valence-electron chi connectivity index (χ4n) is 3.13. The van der Waals surface area contributed by atoms with Crippen LogP contribution in [-0.4, -0.2) is 19.3 Å². The summed E-state index contributed by atoms with van der Waals surface area (Å²) in [6, 6.07) is 21.0. The van der Waals surface area contributed by atoms with Crippen LogP contribution in [0.4, 0.5) is 0 Å². The van der Waals surface area contributed by atoms with Crippen molar-refractivity contribution in [3.05, 3.63) is 78.9 Å². The lowest BCUT2D eigenvalue weighted by Gasteiger charge is -2.34. The number of benzene rings is 2. The van der Waals surface area contributed by atoms with E-state index in [-0.39, 0.29) is 11.6 Å². The lowest BCUT2D eigenvalue weighted by atomic mass is 10.0. The van der Waals surface area contributed by atoms with E-state index in [4.69, 9.17) is 0 Å². The first-order valence-corrected chi connectivity index (χ1v) is 11.0. The van der Waals surface area contributed by atoms with E-state index in [0.29, 0.717) is 0 Å². The molecule has 116 valence electrons. The second-order valence-electron chi connectivity index (χ2n) is 6.44. The number of hydrogen-bond acceptors (Lipinski definition) is 1. The SMILES string of the molecule is C=C[C@H]([C@@H](O)CCc1ccccc1)[Si](C)(C)c1ccccc1. The summed E-state index contributed by atoms with van der Waals surface area (Å²) in [5, 5.41) is 12.1. The summed E-state index contributed by atoms with van der Waals surface area (Å²) < 4.78 is 0. The van der Waals surface area contributed by atoms with Gasteiger partial charge in [-0.15, -0.1) is 6.58 Å². The van der Waals surface area contributed by atoms with Crippen LogP contribution in [0.2, 0.25) is 18.6 Å². The number of hydrogen-bond donors (Lipinski definition) is 1. The highest BCUT2D eigenvalue weighted by atomic mass is 28.3. The molecule has 2 aromatic carbocycles. The molecule has 1 nitrogen and oxygen atoms in total. The van der Waals surface area contributed by atoms with Crippen LogP contribution in [0.15, 0.2) is 73.3 Å². The van der Waals surface area contributed by atoms with Crippen molar-refractivity contribution in [2.24, 2.45) is 0 Å². The molecule has 0 saturated carbocycles. The van der Waals surface area contributed by atoms with Gasteiger partial charge in [0.05, 0.1) is 14.2 Å². The first kappa shape index (κ1) is 16.7. The fourth-order valence-corrected chi connectivity index (χ4v) is 6.29. The molecule has 2 heteroatoms. The first-order chi connectivity index (χ1) is 10.6. The standard InChI is InChI=1S/C20H26OSi/c1-4-20(22(2,3)18-13-9-6-10-14-18)19(21)16-15-17-11-7-5-8-12-17/h4-14,19-21H,1,15-16H2,2-3H3/t19-,20+/m0/s1. The summed E-state index contributed by atoms with van der Waals surface area (Å²) in [6.45, 7) is 8.64. The number of aliphatic hydroxyl groups is 1. The van der Waals surface area contributed by atoms with E-state index in [0.717, 1.165) is 12.8 Å². The third-order valence-corrected chi connectivity index (χ3v) is 8.70.